The van der Waals surface area contributed by atoms with Crippen molar-refractivity contribution in [3.05, 3.63) is 29.8 Å². The van der Waals surface area contributed by atoms with Crippen molar-refractivity contribution in [3.8, 4) is 5.75 Å². The van der Waals surface area contributed by atoms with Crippen molar-refractivity contribution in [2.45, 2.75) is 24.1 Å². The average molecular weight is 347 g/mol. The van der Waals surface area contributed by atoms with Gasteiger partial charge in [0.15, 0.2) is 0 Å². The van der Waals surface area contributed by atoms with Gasteiger partial charge < -0.3 is 14.4 Å². The van der Waals surface area contributed by atoms with Gasteiger partial charge in [-0.2, -0.15) is 0 Å². The lowest BCUT2D eigenvalue weighted by atomic mass is 10.1. The molecule has 0 atom stereocenters. The fourth-order valence-electron chi connectivity index (χ4n) is 2.82. The van der Waals surface area contributed by atoms with Gasteiger partial charge in [0.2, 0.25) is 0 Å². The van der Waals surface area contributed by atoms with Crippen LogP contribution in [0.2, 0.25) is 0 Å². The molecule has 2 saturated heterocycles. The molecule has 0 unspecified atom stereocenters. The van der Waals surface area contributed by atoms with Crippen LogP contribution in [-0.4, -0.2) is 47.6 Å². The van der Waals surface area contributed by atoms with E-state index < -0.39 is 6.36 Å². The van der Waals surface area contributed by atoms with Gasteiger partial charge >= 0.3 is 6.36 Å². The van der Waals surface area contributed by atoms with Crippen LogP contribution in [0.25, 0.3) is 0 Å². The quantitative estimate of drug-likeness (QED) is 0.823. The number of benzene rings is 1. The molecule has 3 rings (SSSR count). The number of hydrogen-bond acceptors (Lipinski definition) is 4. The number of carbonyl (C=O) groups is 1. The van der Waals surface area contributed by atoms with Crippen LogP contribution in [0.1, 0.15) is 23.2 Å². The van der Waals surface area contributed by atoms with E-state index in [0.29, 0.717) is 18.7 Å². The predicted molar refractivity (Wildman–Crippen MR) is 79.4 cm³/mol. The Morgan fingerprint density at radius 1 is 1.22 bits per heavy atom. The van der Waals surface area contributed by atoms with Crippen molar-refractivity contribution in [3.63, 3.8) is 0 Å². The van der Waals surface area contributed by atoms with E-state index in [1.54, 1.807) is 16.7 Å². The van der Waals surface area contributed by atoms with Crippen LogP contribution < -0.4 is 4.74 Å². The number of thioether (sulfide) groups is 1. The van der Waals surface area contributed by atoms with E-state index >= 15 is 0 Å². The van der Waals surface area contributed by atoms with Crippen molar-refractivity contribution in [1.82, 2.24) is 4.90 Å². The summed E-state index contributed by atoms with van der Waals surface area (Å²) in [4.78, 5) is 14.0. The molecule has 0 radical (unpaired) electrons. The van der Waals surface area contributed by atoms with Crippen LogP contribution in [0, 0.1) is 0 Å². The number of halogens is 3. The molecule has 0 aromatic heterocycles. The molecular formula is C15H16F3NO3S. The first kappa shape index (κ1) is 16.4. The summed E-state index contributed by atoms with van der Waals surface area (Å²) in [6, 6.07) is 5.02. The van der Waals surface area contributed by atoms with Gasteiger partial charge in [0.25, 0.3) is 5.91 Å². The molecule has 0 saturated carbocycles. The molecule has 2 aliphatic heterocycles. The Morgan fingerprint density at radius 3 is 2.39 bits per heavy atom. The molecule has 2 aliphatic rings. The zero-order valence-corrected chi connectivity index (χ0v) is 13.1. The Hall–Kier alpha value is -1.41. The van der Waals surface area contributed by atoms with E-state index in [0.717, 1.165) is 37.3 Å². The van der Waals surface area contributed by atoms with Crippen LogP contribution in [0.3, 0.4) is 0 Å². The number of piperidine rings is 1. The number of alkyl halides is 3. The summed E-state index contributed by atoms with van der Waals surface area (Å²) >= 11 is 1.80. The number of rotatable bonds is 2. The molecule has 1 aromatic carbocycles. The second-order valence-corrected chi connectivity index (χ2v) is 6.91. The van der Waals surface area contributed by atoms with Gasteiger partial charge in [0, 0.05) is 37.2 Å². The fraction of sp³-hybridized carbons (Fsp3) is 0.533. The first-order chi connectivity index (χ1) is 10.9. The summed E-state index contributed by atoms with van der Waals surface area (Å²) in [5, 5.41) is 0. The monoisotopic (exact) mass is 347 g/mol. The number of hydrogen-bond donors (Lipinski definition) is 0. The Kier molecular flexibility index (Phi) is 4.46. The van der Waals surface area contributed by atoms with E-state index in [2.05, 4.69) is 4.74 Å². The molecule has 1 amide bonds. The third kappa shape index (κ3) is 3.92. The Bertz CT molecular complexity index is 560. The Morgan fingerprint density at radius 2 is 1.87 bits per heavy atom. The van der Waals surface area contributed by atoms with Crippen LogP contribution in [0.5, 0.6) is 5.75 Å². The summed E-state index contributed by atoms with van der Waals surface area (Å²) in [5.41, 5.74) is 0.357. The highest BCUT2D eigenvalue weighted by atomic mass is 32.2. The van der Waals surface area contributed by atoms with Gasteiger partial charge in [-0.1, -0.05) is 0 Å². The second kappa shape index (κ2) is 6.24. The van der Waals surface area contributed by atoms with E-state index in [4.69, 9.17) is 4.74 Å². The summed E-state index contributed by atoms with van der Waals surface area (Å²) in [5.74, 6) is 0.470. The van der Waals surface area contributed by atoms with Gasteiger partial charge in [0.05, 0.1) is 6.61 Å². The molecule has 1 aromatic rings. The highest BCUT2D eigenvalue weighted by Crippen LogP contribution is 2.41. The maximum absolute atomic E-state index is 12.4. The van der Waals surface area contributed by atoms with Crippen LogP contribution in [0.15, 0.2) is 24.3 Å². The molecule has 2 heterocycles. The first-order valence-electron chi connectivity index (χ1n) is 7.30. The van der Waals surface area contributed by atoms with Crippen molar-refractivity contribution >= 4 is 17.7 Å². The molecule has 126 valence electrons. The van der Waals surface area contributed by atoms with Crippen LogP contribution in [-0.2, 0) is 4.74 Å². The molecule has 0 N–H and O–H groups in total. The Labute approximate surface area is 135 Å². The molecule has 23 heavy (non-hydrogen) atoms. The van der Waals surface area contributed by atoms with E-state index in [1.165, 1.54) is 12.1 Å². The zero-order valence-electron chi connectivity index (χ0n) is 12.3. The Balaban J connectivity index is 1.60. The van der Waals surface area contributed by atoms with Crippen LogP contribution >= 0.6 is 11.8 Å². The third-order valence-corrected chi connectivity index (χ3v) is 5.38. The van der Waals surface area contributed by atoms with Gasteiger partial charge in [-0.15, -0.1) is 24.9 Å². The maximum Gasteiger partial charge on any atom is 0.573 e. The lowest BCUT2D eigenvalue weighted by Gasteiger charge is -2.37. The summed E-state index contributed by atoms with van der Waals surface area (Å²) in [7, 11) is 0. The smallest absolute Gasteiger partial charge is 0.406 e. The largest absolute Gasteiger partial charge is 0.573 e. The minimum absolute atomic E-state index is 0.152. The van der Waals surface area contributed by atoms with Crippen molar-refractivity contribution in [2.24, 2.45) is 0 Å². The zero-order chi connectivity index (χ0) is 16.5. The normalized spacial score (nSPS) is 20.7. The number of carbonyl (C=O) groups excluding carboxylic acids is 1. The number of likely N-dealkylation sites (tertiary alicyclic amines) is 1. The highest BCUT2D eigenvalue weighted by Gasteiger charge is 2.40. The minimum atomic E-state index is -4.73. The van der Waals surface area contributed by atoms with E-state index in [1.807, 2.05) is 0 Å². The van der Waals surface area contributed by atoms with Crippen molar-refractivity contribution < 1.29 is 27.4 Å². The number of ether oxygens (including phenoxy) is 2. The van der Waals surface area contributed by atoms with Crippen LogP contribution in [0.4, 0.5) is 13.2 Å². The van der Waals surface area contributed by atoms with Gasteiger partial charge in [-0.3, -0.25) is 4.79 Å². The fourth-order valence-corrected chi connectivity index (χ4v) is 3.99. The van der Waals surface area contributed by atoms with Crippen molar-refractivity contribution in [2.75, 3.05) is 25.4 Å². The van der Waals surface area contributed by atoms with E-state index in [9.17, 15) is 18.0 Å². The molecular weight excluding hydrogens is 331 g/mol. The lowest BCUT2D eigenvalue weighted by molar-refractivity contribution is -0.274. The molecule has 2 fully saturated rings. The molecule has 0 aliphatic carbocycles. The number of amides is 1. The average Bonchev–Trinajstić information content (AvgIpc) is 2.95. The highest BCUT2D eigenvalue weighted by molar-refractivity contribution is 8.00. The van der Waals surface area contributed by atoms with Gasteiger partial charge in [-0.25, -0.2) is 0 Å². The first-order valence-corrected chi connectivity index (χ1v) is 8.29. The molecule has 4 nitrogen and oxygen atoms in total. The molecule has 8 heteroatoms. The molecule has 0 bridgehead atoms. The second-order valence-electron chi connectivity index (χ2n) is 5.47. The summed E-state index contributed by atoms with van der Waals surface area (Å²) in [6.07, 6.45) is -3.18. The SMILES string of the molecule is O=C(c1ccc(OC(F)(F)F)cc1)N1CCC2(CC1)OCCS2. The minimum Gasteiger partial charge on any atom is -0.406 e. The molecule has 1 spiro atoms. The summed E-state index contributed by atoms with van der Waals surface area (Å²) < 4.78 is 46.0. The van der Waals surface area contributed by atoms with E-state index in [-0.39, 0.29) is 16.6 Å². The summed E-state index contributed by atoms with van der Waals surface area (Å²) in [6.45, 7) is 1.93. The standard InChI is InChI=1S/C15H16F3NO3S/c16-15(17,18)22-12-3-1-11(2-4-12)13(20)19-7-5-14(6-8-19)21-9-10-23-14/h1-4H,5-10H2. The van der Waals surface area contributed by atoms with Gasteiger partial charge in [0.1, 0.15) is 10.7 Å². The number of nitrogens with zero attached hydrogens (tertiary/aromatic N) is 1. The van der Waals surface area contributed by atoms with Crippen molar-refractivity contribution in [1.29, 1.82) is 0 Å². The predicted octanol–water partition coefficient (Wildman–Crippen LogP) is 3.28. The van der Waals surface area contributed by atoms with Gasteiger partial charge in [-0.05, 0) is 24.3 Å². The maximum atomic E-state index is 12.4. The lowest BCUT2D eigenvalue weighted by Crippen LogP contribution is -2.45. The topological polar surface area (TPSA) is 38.8 Å². The third-order valence-electron chi connectivity index (χ3n) is 3.96.